The summed E-state index contributed by atoms with van der Waals surface area (Å²) in [6.07, 6.45) is 33.5. The third kappa shape index (κ3) is 56.3. The Morgan fingerprint density at radius 3 is 0.855 bits per heavy atom. The van der Waals surface area contributed by atoms with E-state index in [2.05, 4.69) is 55.4 Å². The Bertz CT molecular complexity index is 1670. The van der Waals surface area contributed by atoms with Crippen LogP contribution in [0.5, 0.6) is 0 Å². The van der Waals surface area contributed by atoms with Crippen molar-refractivity contribution in [2.24, 2.45) is 23.7 Å². The van der Waals surface area contributed by atoms with Crippen molar-refractivity contribution in [3.05, 3.63) is 0 Å². The SMILES string of the molecule is CCC(C)CCCCCCCCC(=O)OC[C@H](COP(=O)(O)OC[C@H](O)COP(=O)(O)OC[C@@H](COC(=O)CCCCCCCCC(C)CC)OC(=O)CCCCCCCCCCC(C)C)OC(=O)CCCCCCCCCCCC(C)C. The van der Waals surface area contributed by atoms with E-state index < -0.39 is 97.5 Å². The lowest BCUT2D eigenvalue weighted by Crippen LogP contribution is -2.30. The summed E-state index contributed by atoms with van der Waals surface area (Å²) in [5.41, 5.74) is 0. The molecule has 17 nitrogen and oxygen atoms in total. The standard InChI is InChI=1S/C64H124O17P2/c1-9-56(7)42-34-26-20-22-28-36-44-61(66)74-50-59(80-63(68)46-38-30-18-13-11-12-16-24-32-40-54(3)4)52-78-82(70,71)76-48-58(65)49-77-83(72,73)79-53-60(51-75-62(67)45-37-29-23-21-27-35-43-57(8)10-2)81-64(69)47-39-31-19-15-14-17-25-33-41-55(5)6/h54-60,65H,9-53H2,1-8H3,(H,70,71)(H,72,73)/t56?,57?,58-,59+,60+/m0/s1. The molecule has 19 heteroatoms. The highest BCUT2D eigenvalue weighted by Gasteiger charge is 2.30. The third-order valence-electron chi connectivity index (χ3n) is 15.3. The fourth-order valence-electron chi connectivity index (χ4n) is 9.36. The zero-order chi connectivity index (χ0) is 61.8. The van der Waals surface area contributed by atoms with Crippen LogP contribution in [0.15, 0.2) is 0 Å². The Kier molecular flexibility index (Phi) is 53.0. The van der Waals surface area contributed by atoms with Gasteiger partial charge in [-0.3, -0.25) is 37.3 Å². The van der Waals surface area contributed by atoms with E-state index in [1.54, 1.807) is 0 Å². The summed E-state index contributed by atoms with van der Waals surface area (Å²) in [5, 5.41) is 10.5. The van der Waals surface area contributed by atoms with Crippen LogP contribution in [0.1, 0.15) is 306 Å². The number of ether oxygens (including phenoxy) is 4. The first kappa shape index (κ1) is 81.1. The molecule has 0 fully saturated rings. The predicted octanol–water partition coefficient (Wildman–Crippen LogP) is 17.4. The largest absolute Gasteiger partial charge is 0.472 e. The maximum absolute atomic E-state index is 13.0. The number of hydrogen-bond donors (Lipinski definition) is 3. The molecule has 7 atom stereocenters. The maximum atomic E-state index is 13.0. The molecule has 0 spiro atoms. The van der Waals surface area contributed by atoms with Gasteiger partial charge in [-0.25, -0.2) is 9.13 Å². The number of rotatable bonds is 61. The quantitative estimate of drug-likeness (QED) is 0.0222. The molecule has 0 aliphatic carbocycles. The van der Waals surface area contributed by atoms with Crippen molar-refractivity contribution in [1.29, 1.82) is 0 Å². The molecule has 0 aromatic heterocycles. The fourth-order valence-corrected chi connectivity index (χ4v) is 10.9. The van der Waals surface area contributed by atoms with Gasteiger partial charge in [-0.15, -0.1) is 0 Å². The first-order chi connectivity index (χ1) is 39.7. The topological polar surface area (TPSA) is 237 Å². The van der Waals surface area contributed by atoms with Crippen LogP contribution in [0.2, 0.25) is 0 Å². The van der Waals surface area contributed by atoms with Gasteiger partial charge in [0.05, 0.1) is 26.4 Å². The summed E-state index contributed by atoms with van der Waals surface area (Å²) in [6, 6.07) is 0. The monoisotopic (exact) mass is 1230 g/mol. The summed E-state index contributed by atoms with van der Waals surface area (Å²) < 4.78 is 68.0. The van der Waals surface area contributed by atoms with Gasteiger partial charge in [-0.05, 0) is 49.4 Å². The number of carbonyl (C=O) groups excluding carboxylic acids is 4. The van der Waals surface area contributed by atoms with Crippen molar-refractivity contribution in [2.75, 3.05) is 39.6 Å². The number of phosphoric ester groups is 2. The summed E-state index contributed by atoms with van der Waals surface area (Å²) in [5.74, 6) is 0.775. The molecule has 4 unspecified atom stereocenters. The average molecular weight is 1230 g/mol. The van der Waals surface area contributed by atoms with Gasteiger partial charge < -0.3 is 33.8 Å². The van der Waals surface area contributed by atoms with Gasteiger partial charge in [0.15, 0.2) is 12.2 Å². The number of phosphoric acid groups is 2. The molecule has 0 aliphatic rings. The molecular weight excluding hydrogens is 1100 g/mol. The summed E-state index contributed by atoms with van der Waals surface area (Å²) >= 11 is 0. The molecule has 0 rings (SSSR count). The van der Waals surface area contributed by atoms with Gasteiger partial charge in [-0.2, -0.15) is 0 Å². The number of hydrogen-bond acceptors (Lipinski definition) is 15. The molecule has 83 heavy (non-hydrogen) atoms. The molecule has 0 aromatic rings. The minimum atomic E-state index is -4.95. The van der Waals surface area contributed by atoms with Crippen molar-refractivity contribution in [3.8, 4) is 0 Å². The Morgan fingerprint density at radius 1 is 0.337 bits per heavy atom. The highest BCUT2D eigenvalue weighted by molar-refractivity contribution is 7.47. The maximum Gasteiger partial charge on any atom is 0.472 e. The molecule has 0 aliphatic heterocycles. The van der Waals surface area contributed by atoms with Gasteiger partial charge in [0, 0.05) is 25.7 Å². The van der Waals surface area contributed by atoms with Gasteiger partial charge in [0.1, 0.15) is 19.3 Å². The van der Waals surface area contributed by atoms with E-state index >= 15 is 0 Å². The van der Waals surface area contributed by atoms with E-state index in [-0.39, 0.29) is 25.7 Å². The molecule has 0 saturated heterocycles. The van der Waals surface area contributed by atoms with Gasteiger partial charge in [0.2, 0.25) is 0 Å². The number of carbonyl (C=O) groups is 4. The Morgan fingerprint density at radius 2 is 0.578 bits per heavy atom. The minimum absolute atomic E-state index is 0.103. The smallest absolute Gasteiger partial charge is 0.462 e. The third-order valence-corrected chi connectivity index (χ3v) is 17.2. The highest BCUT2D eigenvalue weighted by atomic mass is 31.2. The van der Waals surface area contributed by atoms with Gasteiger partial charge in [-0.1, -0.05) is 254 Å². The minimum Gasteiger partial charge on any atom is -0.462 e. The van der Waals surface area contributed by atoms with E-state index in [4.69, 9.17) is 37.0 Å². The second-order valence-corrected chi connectivity index (χ2v) is 27.5. The molecule has 0 saturated carbocycles. The van der Waals surface area contributed by atoms with Crippen LogP contribution in [0.3, 0.4) is 0 Å². The average Bonchev–Trinajstić information content (AvgIpc) is 3.44. The van der Waals surface area contributed by atoms with Crippen LogP contribution in [-0.4, -0.2) is 96.7 Å². The van der Waals surface area contributed by atoms with Crippen molar-refractivity contribution in [1.82, 2.24) is 0 Å². The zero-order valence-corrected chi connectivity index (χ0v) is 55.6. The summed E-state index contributed by atoms with van der Waals surface area (Å²) in [6.45, 7) is 13.9. The van der Waals surface area contributed by atoms with Crippen LogP contribution in [0, 0.1) is 23.7 Å². The number of unbranched alkanes of at least 4 members (excludes halogenated alkanes) is 25. The number of esters is 4. The summed E-state index contributed by atoms with van der Waals surface area (Å²) in [7, 11) is -9.89. The molecule has 0 amide bonds. The van der Waals surface area contributed by atoms with Crippen LogP contribution in [0.4, 0.5) is 0 Å². The lowest BCUT2D eigenvalue weighted by Gasteiger charge is -2.21. The Balaban J connectivity index is 5.27. The number of aliphatic hydroxyl groups excluding tert-OH is 1. The molecule has 0 bridgehead atoms. The van der Waals surface area contributed by atoms with Crippen molar-refractivity contribution in [3.63, 3.8) is 0 Å². The molecule has 3 N–H and O–H groups in total. The van der Waals surface area contributed by atoms with Crippen molar-refractivity contribution in [2.45, 2.75) is 324 Å². The molecule has 492 valence electrons. The summed E-state index contributed by atoms with van der Waals surface area (Å²) in [4.78, 5) is 72.2. The molecule has 0 radical (unpaired) electrons. The van der Waals surface area contributed by atoms with E-state index in [1.807, 2.05) is 0 Å². The second-order valence-electron chi connectivity index (χ2n) is 24.6. The van der Waals surface area contributed by atoms with E-state index in [0.29, 0.717) is 25.7 Å². The van der Waals surface area contributed by atoms with Crippen LogP contribution >= 0.6 is 15.6 Å². The van der Waals surface area contributed by atoms with Crippen LogP contribution in [0.25, 0.3) is 0 Å². The number of aliphatic hydroxyl groups is 1. The first-order valence-corrected chi connectivity index (χ1v) is 36.3. The molecular formula is C64H124O17P2. The lowest BCUT2D eigenvalue weighted by atomic mass is 10.00. The molecule has 0 heterocycles. The van der Waals surface area contributed by atoms with Crippen LogP contribution < -0.4 is 0 Å². The first-order valence-electron chi connectivity index (χ1n) is 33.3. The Labute approximate surface area is 505 Å². The lowest BCUT2D eigenvalue weighted by molar-refractivity contribution is -0.161. The van der Waals surface area contributed by atoms with E-state index in [0.717, 1.165) is 126 Å². The molecule has 0 aromatic carbocycles. The van der Waals surface area contributed by atoms with Gasteiger partial charge in [0.25, 0.3) is 0 Å². The Hall–Kier alpha value is -1.94. The normalized spacial score (nSPS) is 15.1. The van der Waals surface area contributed by atoms with E-state index in [1.165, 1.54) is 96.3 Å². The van der Waals surface area contributed by atoms with Crippen LogP contribution in [-0.2, 0) is 65.4 Å². The zero-order valence-electron chi connectivity index (χ0n) is 53.8. The second kappa shape index (κ2) is 54.2. The highest BCUT2D eigenvalue weighted by Crippen LogP contribution is 2.45. The predicted molar refractivity (Wildman–Crippen MR) is 331 cm³/mol. The van der Waals surface area contributed by atoms with E-state index in [9.17, 15) is 43.2 Å². The van der Waals surface area contributed by atoms with Gasteiger partial charge >= 0.3 is 39.5 Å². The van der Waals surface area contributed by atoms with Crippen molar-refractivity contribution >= 4 is 39.5 Å². The fraction of sp³-hybridized carbons (Fsp3) is 0.938. The van der Waals surface area contributed by atoms with Crippen molar-refractivity contribution < 1.29 is 80.2 Å².